The second-order valence-corrected chi connectivity index (χ2v) is 11.8. The molecule has 0 aliphatic carbocycles. The number of hydrogen-bond acceptors (Lipinski definition) is 1. The van der Waals surface area contributed by atoms with Crippen molar-refractivity contribution < 1.29 is 26.5 Å². The topological polar surface area (TPSA) is 20.3 Å². The van der Waals surface area contributed by atoms with Gasteiger partial charge in [-0.3, -0.25) is 9.24 Å². The van der Waals surface area contributed by atoms with Gasteiger partial charge in [-0.15, -0.1) is 0 Å². The van der Waals surface area contributed by atoms with Gasteiger partial charge in [0.05, 0.1) is 5.69 Å². The molecule has 0 bridgehead atoms. The van der Waals surface area contributed by atoms with Gasteiger partial charge >= 0.3 is 0 Å². The first kappa shape index (κ1) is 23.8. The van der Waals surface area contributed by atoms with E-state index in [1.54, 1.807) is 62.4 Å². The molecule has 0 amide bonds. The van der Waals surface area contributed by atoms with Gasteiger partial charge in [0, 0.05) is 20.6 Å². The van der Waals surface area contributed by atoms with E-state index in [9.17, 15) is 13.2 Å². The lowest BCUT2D eigenvalue weighted by Gasteiger charge is -2.40. The van der Waals surface area contributed by atoms with Crippen LogP contribution in [0.2, 0.25) is 0 Å². The first-order valence-corrected chi connectivity index (χ1v) is 12.9. The van der Waals surface area contributed by atoms with Crippen molar-refractivity contribution in [3.63, 3.8) is 0 Å². The summed E-state index contributed by atoms with van der Waals surface area (Å²) in [7, 11) is -4.23. The van der Waals surface area contributed by atoms with Crippen molar-refractivity contribution in [2.24, 2.45) is 0 Å². The van der Waals surface area contributed by atoms with Crippen LogP contribution in [0.25, 0.3) is 11.1 Å². The summed E-state index contributed by atoms with van der Waals surface area (Å²) < 4.78 is 89.8. The minimum Gasteiger partial charge on any atom is -0.289 e. The molecule has 1 aliphatic rings. The summed E-state index contributed by atoms with van der Waals surface area (Å²) in [6.07, 6.45) is 0. The lowest BCUT2D eigenvalue weighted by Crippen LogP contribution is -2.35. The lowest BCUT2D eigenvalue weighted by molar-refractivity contribution is 0.381. The first-order chi connectivity index (χ1) is 16.6. The zero-order valence-corrected chi connectivity index (χ0v) is 20.8. The predicted octanol–water partition coefficient (Wildman–Crippen LogP) is 7.81. The number of nitrogens with zero attached hydrogens (tertiary/aromatic N) is 1. The van der Waals surface area contributed by atoms with E-state index in [0.717, 1.165) is 10.2 Å². The van der Waals surface area contributed by atoms with Gasteiger partial charge in [0.2, 0.25) is 13.1 Å². The standard InChI is InChI=1S/C26H16BrF5NOP/c1-13-4-3-5-16(10-13)35(34)20-11-14(2)6-8-18(20)17-9-7-15(27)12-19(17)33(35)26-24(31)22(29)21(28)23(30)25(26)32/h3-12H,1-2H3. The molecule has 1 atom stereocenters. The molecule has 0 radical (unpaired) electrons. The number of halogens is 6. The van der Waals surface area contributed by atoms with Gasteiger partial charge in [-0.25, -0.2) is 22.0 Å². The van der Waals surface area contributed by atoms with E-state index < -0.39 is 42.1 Å². The molecule has 1 heterocycles. The zero-order valence-electron chi connectivity index (χ0n) is 18.3. The number of hydrogen-bond donors (Lipinski definition) is 0. The van der Waals surface area contributed by atoms with Crippen LogP contribution in [0.3, 0.4) is 0 Å². The third-order valence-electron chi connectivity index (χ3n) is 5.99. The summed E-state index contributed by atoms with van der Waals surface area (Å²) in [5.41, 5.74) is 1.19. The highest BCUT2D eigenvalue weighted by molar-refractivity contribution is 9.10. The van der Waals surface area contributed by atoms with Gasteiger partial charge in [0.25, 0.3) is 0 Å². The Hall–Kier alpha value is -2.96. The largest absolute Gasteiger partial charge is 0.289 e. The summed E-state index contributed by atoms with van der Waals surface area (Å²) in [6.45, 7) is 3.52. The summed E-state index contributed by atoms with van der Waals surface area (Å²) >= 11 is 3.31. The number of benzene rings is 4. The van der Waals surface area contributed by atoms with E-state index in [4.69, 9.17) is 0 Å². The number of fused-ring (bicyclic) bond motifs is 3. The van der Waals surface area contributed by atoms with Crippen LogP contribution in [0.15, 0.2) is 65.1 Å². The van der Waals surface area contributed by atoms with Crippen LogP contribution in [0.5, 0.6) is 0 Å². The van der Waals surface area contributed by atoms with E-state index in [2.05, 4.69) is 15.9 Å². The lowest BCUT2D eigenvalue weighted by atomic mass is 10.0. The molecule has 1 aliphatic heterocycles. The molecule has 0 aromatic heterocycles. The second-order valence-electron chi connectivity index (χ2n) is 8.33. The second kappa shape index (κ2) is 8.32. The fourth-order valence-corrected chi connectivity index (χ4v) is 7.97. The van der Waals surface area contributed by atoms with Crippen LogP contribution in [-0.4, -0.2) is 0 Å². The smallest absolute Gasteiger partial charge is 0.234 e. The fourth-order valence-electron chi connectivity index (χ4n) is 4.40. The monoisotopic (exact) mass is 563 g/mol. The summed E-state index contributed by atoms with van der Waals surface area (Å²) in [6, 6.07) is 16.5. The van der Waals surface area contributed by atoms with E-state index >= 15 is 13.3 Å². The van der Waals surface area contributed by atoms with Crippen molar-refractivity contribution in [3.05, 3.63) is 105 Å². The maximum absolute atomic E-state index is 15.3. The van der Waals surface area contributed by atoms with Gasteiger partial charge in [-0.1, -0.05) is 57.4 Å². The molecular formula is C26H16BrF5NOP. The average Bonchev–Trinajstić information content (AvgIpc) is 2.83. The quantitative estimate of drug-likeness (QED) is 0.107. The maximum atomic E-state index is 15.3. The molecule has 4 aromatic rings. The summed E-state index contributed by atoms with van der Waals surface area (Å²) in [4.78, 5) is 0. The van der Waals surface area contributed by atoms with E-state index in [1.165, 1.54) is 12.1 Å². The molecule has 0 N–H and O–H groups in total. The van der Waals surface area contributed by atoms with Gasteiger partial charge < -0.3 is 0 Å². The molecule has 5 rings (SSSR count). The Morgan fingerprint density at radius 3 is 1.97 bits per heavy atom. The molecule has 178 valence electrons. The highest BCUT2D eigenvalue weighted by Crippen LogP contribution is 2.62. The minimum absolute atomic E-state index is 0.0452. The van der Waals surface area contributed by atoms with Crippen molar-refractivity contribution in [2.45, 2.75) is 13.8 Å². The zero-order chi connectivity index (χ0) is 25.2. The molecule has 0 fully saturated rings. The van der Waals surface area contributed by atoms with Crippen molar-refractivity contribution in [2.75, 3.05) is 4.67 Å². The predicted molar refractivity (Wildman–Crippen MR) is 131 cm³/mol. The Kier molecular flexibility index (Phi) is 5.65. The number of rotatable bonds is 2. The molecule has 0 spiro atoms. The summed E-state index contributed by atoms with van der Waals surface area (Å²) in [5.74, 6) is -10.6. The molecule has 35 heavy (non-hydrogen) atoms. The highest BCUT2D eigenvalue weighted by Gasteiger charge is 2.46. The normalized spacial score (nSPS) is 16.7. The van der Waals surface area contributed by atoms with Crippen LogP contribution >= 0.6 is 23.2 Å². The van der Waals surface area contributed by atoms with Gasteiger partial charge in [0.1, 0.15) is 5.69 Å². The third kappa shape index (κ3) is 3.46. The van der Waals surface area contributed by atoms with Crippen LogP contribution < -0.4 is 15.3 Å². The van der Waals surface area contributed by atoms with E-state index in [-0.39, 0.29) is 16.3 Å². The Labute approximate surface area is 206 Å². The van der Waals surface area contributed by atoms with Crippen molar-refractivity contribution in [1.82, 2.24) is 0 Å². The third-order valence-corrected chi connectivity index (χ3v) is 9.46. The van der Waals surface area contributed by atoms with Gasteiger partial charge in [-0.05, 0) is 49.7 Å². The van der Waals surface area contributed by atoms with Gasteiger partial charge in [0.15, 0.2) is 23.3 Å². The van der Waals surface area contributed by atoms with Crippen molar-refractivity contribution >= 4 is 45.2 Å². The molecular weight excluding hydrogens is 548 g/mol. The Balaban J connectivity index is 2.01. The SMILES string of the molecule is Cc1cccc(P2(=O)c3cc(C)ccc3-c3ccc(Br)cc3N2c2c(F)c(F)c(F)c(F)c2F)c1. The van der Waals surface area contributed by atoms with Crippen LogP contribution in [-0.2, 0) is 4.57 Å². The molecule has 2 nitrogen and oxygen atoms in total. The Bertz CT molecular complexity index is 1560. The van der Waals surface area contributed by atoms with Crippen LogP contribution in [0, 0.1) is 42.9 Å². The molecule has 9 heteroatoms. The van der Waals surface area contributed by atoms with Crippen LogP contribution in [0.1, 0.15) is 11.1 Å². The van der Waals surface area contributed by atoms with Crippen molar-refractivity contribution in [3.8, 4) is 11.1 Å². The Morgan fingerprint density at radius 2 is 1.31 bits per heavy atom. The molecule has 0 saturated carbocycles. The molecule has 1 unspecified atom stereocenters. The van der Waals surface area contributed by atoms with E-state index in [1.807, 2.05) is 0 Å². The Morgan fingerprint density at radius 1 is 0.714 bits per heavy atom. The van der Waals surface area contributed by atoms with E-state index in [0.29, 0.717) is 21.2 Å². The van der Waals surface area contributed by atoms with Crippen molar-refractivity contribution in [1.29, 1.82) is 0 Å². The maximum Gasteiger partial charge on any atom is 0.234 e. The average molecular weight is 564 g/mol. The minimum atomic E-state index is -4.23. The molecule has 0 saturated heterocycles. The van der Waals surface area contributed by atoms with Gasteiger partial charge in [-0.2, -0.15) is 0 Å². The van der Waals surface area contributed by atoms with Crippen LogP contribution in [0.4, 0.5) is 33.3 Å². The highest BCUT2D eigenvalue weighted by atomic mass is 79.9. The summed E-state index contributed by atoms with van der Waals surface area (Å²) in [5, 5.41) is 0.431. The first-order valence-electron chi connectivity index (χ1n) is 10.5. The fraction of sp³-hybridized carbons (Fsp3) is 0.0769. The number of aryl methyl sites for hydroxylation is 2. The molecule has 4 aromatic carbocycles. The number of anilines is 2.